The topological polar surface area (TPSA) is 123 Å². The molecule has 4 aromatic rings. The molecule has 206 valence electrons. The molecule has 0 amide bonds. The van der Waals surface area contributed by atoms with E-state index >= 15 is 0 Å². The summed E-state index contributed by atoms with van der Waals surface area (Å²) in [5, 5.41) is 22.7. The van der Waals surface area contributed by atoms with Gasteiger partial charge in [0.05, 0.1) is 23.7 Å². The third-order valence-corrected chi connectivity index (χ3v) is 5.64. The van der Waals surface area contributed by atoms with E-state index in [1.807, 2.05) is 0 Å². The molecule has 15 heteroatoms. The normalized spacial score (nSPS) is 12.3. The van der Waals surface area contributed by atoms with Crippen LogP contribution in [-0.4, -0.2) is 30.9 Å². The number of nitriles is 1. The largest absolute Gasteiger partial charge is 0.449 e. The summed E-state index contributed by atoms with van der Waals surface area (Å²) in [6.07, 6.45) is -9.52. The molecule has 0 saturated carbocycles. The average Bonchev–Trinajstić information content (AvgIpc) is 2.90. The van der Waals surface area contributed by atoms with Gasteiger partial charge in [0.25, 0.3) is 17.5 Å². The van der Waals surface area contributed by atoms with E-state index in [0.29, 0.717) is 16.5 Å². The van der Waals surface area contributed by atoms with Crippen molar-refractivity contribution in [2.45, 2.75) is 25.4 Å². The van der Waals surface area contributed by atoms with Crippen LogP contribution in [0.4, 0.5) is 22.0 Å². The van der Waals surface area contributed by atoms with E-state index in [1.165, 1.54) is 36.4 Å². The van der Waals surface area contributed by atoms with Crippen molar-refractivity contribution in [2.24, 2.45) is 0 Å². The Kier molecular flexibility index (Phi) is 7.98. The Morgan fingerprint density at radius 2 is 1.77 bits per heavy atom. The maximum Gasteiger partial charge on any atom is 0.437 e. The fourth-order valence-corrected chi connectivity index (χ4v) is 3.74. The zero-order valence-electron chi connectivity index (χ0n) is 19.8. The highest BCUT2D eigenvalue weighted by atomic mass is 35.5. The van der Waals surface area contributed by atoms with Gasteiger partial charge in [-0.25, -0.2) is 18.4 Å². The molecule has 4 rings (SSSR count). The molecule has 0 spiro atoms. The molecular weight excluding hydrogens is 565 g/mol. The van der Waals surface area contributed by atoms with Gasteiger partial charge in [0.2, 0.25) is 5.75 Å². The fourth-order valence-electron chi connectivity index (χ4n) is 3.51. The second-order valence-electron chi connectivity index (χ2n) is 8.18. The highest BCUT2D eigenvalue weighted by molar-refractivity contribution is 6.30. The molecule has 9 nitrogen and oxygen atoms in total. The van der Waals surface area contributed by atoms with Crippen LogP contribution in [0.5, 0.6) is 11.5 Å². The Hall–Kier alpha value is -4.61. The number of benzene rings is 2. The van der Waals surface area contributed by atoms with Crippen LogP contribution in [0.15, 0.2) is 70.5 Å². The lowest BCUT2D eigenvalue weighted by atomic mass is 10.1. The molecule has 1 atom stereocenters. The predicted octanol–water partition coefficient (Wildman–Crippen LogP) is 4.61. The first-order valence-corrected chi connectivity index (χ1v) is 11.4. The zero-order chi connectivity index (χ0) is 29.2. The number of aliphatic hydroxyl groups is 1. The van der Waals surface area contributed by atoms with Gasteiger partial charge in [-0.3, -0.25) is 14.2 Å². The first-order chi connectivity index (χ1) is 18.9. The number of halogens is 6. The van der Waals surface area contributed by atoms with Crippen molar-refractivity contribution >= 4 is 11.6 Å². The van der Waals surface area contributed by atoms with Gasteiger partial charge in [-0.2, -0.15) is 23.5 Å². The lowest BCUT2D eigenvalue weighted by molar-refractivity contribution is -0.142. The van der Waals surface area contributed by atoms with E-state index in [1.54, 1.807) is 6.07 Å². The third kappa shape index (κ3) is 6.16. The number of nitrogens with zero attached hydrogens (tertiary/aromatic N) is 5. The summed E-state index contributed by atoms with van der Waals surface area (Å²) in [5.74, 6) is -1.55. The quantitative estimate of drug-likeness (QED) is 0.317. The maximum atomic E-state index is 13.6. The van der Waals surface area contributed by atoms with Crippen LogP contribution in [0.25, 0.3) is 11.3 Å². The predicted molar refractivity (Wildman–Crippen MR) is 130 cm³/mol. The molecule has 40 heavy (non-hydrogen) atoms. The van der Waals surface area contributed by atoms with Crippen LogP contribution in [0.1, 0.15) is 22.9 Å². The molecule has 2 aromatic heterocycles. The van der Waals surface area contributed by atoms with E-state index in [4.69, 9.17) is 21.6 Å². The second kappa shape index (κ2) is 11.2. The molecule has 2 aromatic carbocycles. The van der Waals surface area contributed by atoms with Gasteiger partial charge >= 0.3 is 6.18 Å². The van der Waals surface area contributed by atoms with Crippen molar-refractivity contribution in [1.29, 1.82) is 5.26 Å². The second-order valence-corrected chi connectivity index (χ2v) is 8.62. The standard InChI is InChI=1S/C25H15ClF5N5O4/c26-16-7-13(10-32)8-17(9-16)40-21-22(25(29,30)31)33-11-35(24(21)39)12-36-19(37)6-5-18(34-36)14-1-3-15(4-2-14)20(38)23(27)28/h1-9,11,20,23,38H,12H2. The van der Waals surface area contributed by atoms with Crippen molar-refractivity contribution in [3.63, 3.8) is 0 Å². The van der Waals surface area contributed by atoms with Crippen LogP contribution in [0.3, 0.4) is 0 Å². The minimum atomic E-state index is -5.09. The van der Waals surface area contributed by atoms with Crippen molar-refractivity contribution < 1.29 is 31.8 Å². The van der Waals surface area contributed by atoms with Gasteiger partial charge in [-0.05, 0) is 29.8 Å². The van der Waals surface area contributed by atoms with Gasteiger partial charge in [-0.15, -0.1) is 0 Å². The van der Waals surface area contributed by atoms with E-state index in [9.17, 15) is 36.6 Å². The maximum absolute atomic E-state index is 13.6. The van der Waals surface area contributed by atoms with Gasteiger partial charge < -0.3 is 9.84 Å². The van der Waals surface area contributed by atoms with E-state index in [0.717, 1.165) is 22.9 Å². The molecule has 1 N–H and O–H groups in total. The summed E-state index contributed by atoms with van der Waals surface area (Å²) in [4.78, 5) is 28.8. The molecule has 0 fully saturated rings. The van der Waals surface area contributed by atoms with Crippen molar-refractivity contribution in [1.82, 2.24) is 19.3 Å². The van der Waals surface area contributed by atoms with Crippen molar-refractivity contribution in [3.8, 4) is 28.8 Å². The number of ether oxygens (including phenoxy) is 1. The van der Waals surface area contributed by atoms with Crippen molar-refractivity contribution in [2.75, 3.05) is 0 Å². The Morgan fingerprint density at radius 3 is 2.40 bits per heavy atom. The van der Waals surface area contributed by atoms with E-state index in [-0.39, 0.29) is 27.6 Å². The minimum absolute atomic E-state index is 0.0314. The molecule has 1 unspecified atom stereocenters. The first kappa shape index (κ1) is 28.4. The number of aromatic nitrogens is 4. The molecule has 2 heterocycles. The SMILES string of the molecule is N#Cc1cc(Cl)cc(Oc2c(C(F)(F)F)ncn(Cn3nc(-c4ccc(C(O)C(F)F)cc4)ccc3=O)c2=O)c1. The summed E-state index contributed by atoms with van der Waals surface area (Å²) in [6, 6.07) is 12.8. The highest BCUT2D eigenvalue weighted by Crippen LogP contribution is 2.35. The summed E-state index contributed by atoms with van der Waals surface area (Å²) in [5.41, 5.74) is -3.26. The lowest BCUT2D eigenvalue weighted by Gasteiger charge is -2.15. The molecule has 0 radical (unpaired) electrons. The number of rotatable bonds is 7. The highest BCUT2D eigenvalue weighted by Gasteiger charge is 2.39. The average molecular weight is 580 g/mol. The Bertz CT molecular complexity index is 1720. The number of hydrogen-bond acceptors (Lipinski definition) is 7. The minimum Gasteiger partial charge on any atom is -0.449 e. The summed E-state index contributed by atoms with van der Waals surface area (Å²) in [7, 11) is 0. The van der Waals surface area contributed by atoms with Gasteiger partial charge in [-0.1, -0.05) is 35.9 Å². The molecule has 0 saturated heterocycles. The van der Waals surface area contributed by atoms with Gasteiger partial charge in [0.1, 0.15) is 18.5 Å². The Morgan fingerprint density at radius 1 is 1.07 bits per heavy atom. The monoisotopic (exact) mass is 579 g/mol. The number of aliphatic hydroxyl groups excluding tert-OH is 1. The van der Waals surface area contributed by atoms with Crippen LogP contribution < -0.4 is 15.9 Å². The van der Waals surface area contributed by atoms with Crippen LogP contribution in [0.2, 0.25) is 5.02 Å². The number of alkyl halides is 5. The van der Waals surface area contributed by atoms with Gasteiger partial charge in [0, 0.05) is 16.7 Å². The fraction of sp³-hybridized carbons (Fsp3) is 0.160. The molecule has 0 bridgehead atoms. The van der Waals surface area contributed by atoms with E-state index < -0.39 is 47.9 Å². The third-order valence-electron chi connectivity index (χ3n) is 5.42. The summed E-state index contributed by atoms with van der Waals surface area (Å²) < 4.78 is 73.1. The molecule has 0 aliphatic heterocycles. The summed E-state index contributed by atoms with van der Waals surface area (Å²) in [6.45, 7) is -0.672. The van der Waals surface area contributed by atoms with Crippen LogP contribution >= 0.6 is 11.6 Å². The Balaban J connectivity index is 1.72. The molecule has 0 aliphatic rings. The van der Waals surface area contributed by atoms with Gasteiger partial charge in [0.15, 0.2) is 5.69 Å². The zero-order valence-corrected chi connectivity index (χ0v) is 20.6. The van der Waals surface area contributed by atoms with E-state index in [2.05, 4.69) is 10.1 Å². The molecular formula is C25H15ClF5N5O4. The summed E-state index contributed by atoms with van der Waals surface area (Å²) >= 11 is 5.88. The first-order valence-electron chi connectivity index (χ1n) is 11.1. The van der Waals surface area contributed by atoms with Crippen LogP contribution in [0, 0.1) is 11.3 Å². The lowest BCUT2D eigenvalue weighted by Crippen LogP contribution is -2.33. The smallest absolute Gasteiger partial charge is 0.437 e. The Labute approximate surface area is 225 Å². The van der Waals surface area contributed by atoms with Crippen molar-refractivity contribution in [3.05, 3.63) is 103 Å². The number of hydrogen-bond donors (Lipinski definition) is 1. The van der Waals surface area contributed by atoms with Crippen LogP contribution in [-0.2, 0) is 12.8 Å². The molecule has 0 aliphatic carbocycles.